The topological polar surface area (TPSA) is 57.8 Å². The van der Waals surface area contributed by atoms with Crippen molar-refractivity contribution in [3.8, 4) is 0 Å². The highest BCUT2D eigenvalue weighted by Gasteiger charge is 2.04. The molecule has 0 radical (unpaired) electrons. The molecule has 0 unspecified atom stereocenters. The van der Waals surface area contributed by atoms with Gasteiger partial charge in [0.15, 0.2) is 0 Å². The molecular formula is C16H17N3OS. The van der Waals surface area contributed by atoms with Gasteiger partial charge in [-0.25, -0.2) is 0 Å². The lowest BCUT2D eigenvalue weighted by Gasteiger charge is -2.01. The second kappa shape index (κ2) is 6.95. The van der Waals surface area contributed by atoms with E-state index in [0.717, 1.165) is 5.52 Å². The van der Waals surface area contributed by atoms with Gasteiger partial charge in [0.1, 0.15) is 0 Å². The zero-order chi connectivity index (χ0) is 15.2. The first-order chi connectivity index (χ1) is 10.1. The highest BCUT2D eigenvalue weighted by atomic mass is 32.1. The Balaban J connectivity index is 0.000000154. The van der Waals surface area contributed by atoms with Crippen molar-refractivity contribution in [2.45, 2.75) is 11.8 Å². The summed E-state index contributed by atoms with van der Waals surface area (Å²) in [5.41, 5.74) is 2.98. The van der Waals surface area contributed by atoms with Crippen LogP contribution in [0.4, 0.5) is 0 Å². The number of nitrogens with one attached hydrogen (secondary N) is 2. The maximum absolute atomic E-state index is 11.1. The largest absolute Gasteiger partial charge is 0.355 e. The normalized spacial score (nSPS) is 9.86. The summed E-state index contributed by atoms with van der Waals surface area (Å²) in [5.74, 6) is -0.101. The highest BCUT2D eigenvalue weighted by molar-refractivity contribution is 7.80. The Kier molecular flexibility index (Phi) is 5.00. The third kappa shape index (κ3) is 3.86. The average Bonchev–Trinajstić information content (AvgIpc) is 2.95. The van der Waals surface area contributed by atoms with E-state index in [1.54, 1.807) is 19.2 Å². The summed E-state index contributed by atoms with van der Waals surface area (Å²) < 4.78 is 0. The van der Waals surface area contributed by atoms with Crippen LogP contribution >= 0.6 is 12.6 Å². The van der Waals surface area contributed by atoms with E-state index in [4.69, 9.17) is 0 Å². The van der Waals surface area contributed by atoms with Gasteiger partial charge in [-0.1, -0.05) is 24.3 Å². The molecule has 1 amide bonds. The number of amides is 1. The molecule has 5 heteroatoms. The fourth-order valence-electron chi connectivity index (χ4n) is 1.85. The highest BCUT2D eigenvalue weighted by Crippen LogP contribution is 2.12. The first-order valence-electron chi connectivity index (χ1n) is 6.51. The molecule has 0 saturated carbocycles. The van der Waals surface area contributed by atoms with Crippen molar-refractivity contribution in [2.24, 2.45) is 0 Å². The van der Waals surface area contributed by atoms with E-state index in [2.05, 4.69) is 53.3 Å². The quantitative estimate of drug-likeness (QED) is 0.604. The fourth-order valence-corrected chi connectivity index (χ4v) is 2.11. The number of hydrogen-bond acceptors (Lipinski definition) is 3. The van der Waals surface area contributed by atoms with Gasteiger partial charge < -0.3 is 5.32 Å². The van der Waals surface area contributed by atoms with Crippen LogP contribution in [0, 0.1) is 6.92 Å². The van der Waals surface area contributed by atoms with Gasteiger partial charge in [-0.2, -0.15) is 5.10 Å². The third-order valence-electron chi connectivity index (χ3n) is 2.97. The van der Waals surface area contributed by atoms with E-state index in [9.17, 15) is 4.79 Å². The number of hydrogen-bond donors (Lipinski definition) is 3. The second-order valence-corrected chi connectivity index (χ2v) is 5.04. The van der Waals surface area contributed by atoms with Crippen LogP contribution in [0.15, 0.2) is 53.6 Å². The Morgan fingerprint density at radius 1 is 1.24 bits per heavy atom. The molecular weight excluding hydrogens is 282 g/mol. The molecule has 0 atom stereocenters. The Labute approximate surface area is 129 Å². The van der Waals surface area contributed by atoms with Crippen molar-refractivity contribution >= 4 is 29.4 Å². The summed E-state index contributed by atoms with van der Waals surface area (Å²) in [6, 6.07) is 13.4. The Morgan fingerprint density at radius 3 is 2.71 bits per heavy atom. The number of rotatable bonds is 1. The van der Waals surface area contributed by atoms with Crippen molar-refractivity contribution in [1.82, 2.24) is 15.5 Å². The number of carbonyl (C=O) groups excluding carboxylic acids is 1. The average molecular weight is 299 g/mol. The number of fused-ring (bicyclic) bond motifs is 1. The molecule has 0 bridgehead atoms. The minimum atomic E-state index is -0.101. The second-order valence-electron chi connectivity index (χ2n) is 4.56. The van der Waals surface area contributed by atoms with Crippen LogP contribution < -0.4 is 5.32 Å². The van der Waals surface area contributed by atoms with Gasteiger partial charge in [0.2, 0.25) is 0 Å². The number of carbonyl (C=O) groups is 1. The molecule has 0 spiro atoms. The van der Waals surface area contributed by atoms with Gasteiger partial charge in [0.25, 0.3) is 5.91 Å². The van der Waals surface area contributed by atoms with Crippen LogP contribution in [0.1, 0.15) is 15.9 Å². The molecule has 0 saturated heterocycles. The third-order valence-corrected chi connectivity index (χ3v) is 3.36. The van der Waals surface area contributed by atoms with Gasteiger partial charge in [0, 0.05) is 17.3 Å². The zero-order valence-corrected chi connectivity index (χ0v) is 12.8. The van der Waals surface area contributed by atoms with Crippen molar-refractivity contribution in [3.63, 3.8) is 0 Å². The summed E-state index contributed by atoms with van der Waals surface area (Å²) in [5, 5.41) is 10.5. The van der Waals surface area contributed by atoms with Crippen molar-refractivity contribution < 1.29 is 4.79 Å². The first kappa shape index (κ1) is 15.1. The van der Waals surface area contributed by atoms with Gasteiger partial charge >= 0.3 is 0 Å². The van der Waals surface area contributed by atoms with E-state index < -0.39 is 0 Å². The van der Waals surface area contributed by atoms with Gasteiger partial charge in [-0.15, -0.1) is 12.6 Å². The number of nitrogens with zero attached hydrogens (tertiary/aromatic N) is 1. The molecule has 2 N–H and O–H groups in total. The number of aryl methyl sites for hydroxylation is 1. The monoisotopic (exact) mass is 299 g/mol. The lowest BCUT2D eigenvalue weighted by atomic mass is 10.2. The van der Waals surface area contributed by atoms with Crippen LogP contribution in [-0.2, 0) is 0 Å². The predicted octanol–water partition coefficient (Wildman–Crippen LogP) is 3.21. The lowest BCUT2D eigenvalue weighted by Crippen LogP contribution is -2.18. The van der Waals surface area contributed by atoms with Crippen LogP contribution in [0.25, 0.3) is 10.9 Å². The molecule has 0 aliphatic rings. The lowest BCUT2D eigenvalue weighted by molar-refractivity contribution is 0.0960. The van der Waals surface area contributed by atoms with E-state index in [1.165, 1.54) is 10.9 Å². The Morgan fingerprint density at radius 2 is 2.00 bits per heavy atom. The van der Waals surface area contributed by atoms with Gasteiger partial charge in [-0.3, -0.25) is 9.89 Å². The predicted molar refractivity (Wildman–Crippen MR) is 87.9 cm³/mol. The van der Waals surface area contributed by atoms with Crippen molar-refractivity contribution in [2.75, 3.05) is 7.05 Å². The molecule has 1 heterocycles. The SMILES string of the molecule is CNC(=O)c1ccccc1S.Cc1ccc2cn[nH]c2c1. The first-order valence-corrected chi connectivity index (χ1v) is 6.96. The van der Waals surface area contributed by atoms with Crippen LogP contribution in [-0.4, -0.2) is 23.2 Å². The maximum Gasteiger partial charge on any atom is 0.252 e. The molecule has 3 aromatic rings. The number of benzene rings is 2. The molecule has 21 heavy (non-hydrogen) atoms. The zero-order valence-electron chi connectivity index (χ0n) is 11.9. The molecule has 0 fully saturated rings. The summed E-state index contributed by atoms with van der Waals surface area (Å²) in [6.45, 7) is 2.07. The van der Waals surface area contributed by atoms with E-state index >= 15 is 0 Å². The van der Waals surface area contributed by atoms with Crippen molar-refractivity contribution in [3.05, 3.63) is 59.8 Å². The fraction of sp³-hybridized carbons (Fsp3) is 0.125. The number of aromatic amines is 1. The van der Waals surface area contributed by atoms with E-state index in [0.29, 0.717) is 10.5 Å². The molecule has 0 aliphatic carbocycles. The molecule has 0 aliphatic heterocycles. The van der Waals surface area contributed by atoms with Crippen LogP contribution in [0.2, 0.25) is 0 Å². The molecule has 108 valence electrons. The number of aromatic nitrogens is 2. The van der Waals surface area contributed by atoms with E-state index in [1.807, 2.05) is 18.3 Å². The molecule has 1 aromatic heterocycles. The summed E-state index contributed by atoms with van der Waals surface area (Å²) in [4.78, 5) is 11.8. The van der Waals surface area contributed by atoms with Crippen molar-refractivity contribution in [1.29, 1.82) is 0 Å². The standard InChI is InChI=1S/C8H8N2.C8H9NOS/c1-6-2-3-7-5-9-10-8(7)4-6;1-9-8(10)6-4-2-3-5-7(6)11/h2-5H,1H3,(H,9,10);2-5,11H,1H3,(H,9,10). The smallest absolute Gasteiger partial charge is 0.252 e. The number of H-pyrrole nitrogens is 1. The Hall–Kier alpha value is -2.27. The summed E-state index contributed by atoms with van der Waals surface area (Å²) in [7, 11) is 1.60. The summed E-state index contributed by atoms with van der Waals surface area (Å²) >= 11 is 4.13. The van der Waals surface area contributed by atoms with Crippen LogP contribution in [0.3, 0.4) is 0 Å². The Bertz CT molecular complexity index is 752. The van der Waals surface area contributed by atoms with Gasteiger partial charge in [-0.05, 0) is 30.7 Å². The minimum absolute atomic E-state index is 0.101. The van der Waals surface area contributed by atoms with Gasteiger partial charge in [0.05, 0.1) is 17.3 Å². The maximum atomic E-state index is 11.1. The van der Waals surface area contributed by atoms with E-state index in [-0.39, 0.29) is 5.91 Å². The van der Waals surface area contributed by atoms with Crippen LogP contribution in [0.5, 0.6) is 0 Å². The molecule has 3 rings (SSSR count). The summed E-state index contributed by atoms with van der Waals surface area (Å²) in [6.07, 6.45) is 1.83. The molecule has 2 aromatic carbocycles. The molecule has 4 nitrogen and oxygen atoms in total. The number of thiol groups is 1. The minimum Gasteiger partial charge on any atom is -0.355 e.